The molecule has 4 heteroatoms. The van der Waals surface area contributed by atoms with Crippen molar-refractivity contribution in [2.75, 3.05) is 0 Å². The van der Waals surface area contributed by atoms with Crippen LogP contribution in [0.3, 0.4) is 0 Å². The Morgan fingerprint density at radius 1 is 0.615 bits per heavy atom. The highest BCUT2D eigenvalue weighted by atomic mass is 15.2. The summed E-state index contributed by atoms with van der Waals surface area (Å²) in [6.45, 7) is 4.64. The van der Waals surface area contributed by atoms with Crippen molar-refractivity contribution < 1.29 is 0 Å². The third-order valence-corrected chi connectivity index (χ3v) is 8.52. The van der Waals surface area contributed by atoms with Crippen LogP contribution in [0, 0.1) is 22.7 Å². The summed E-state index contributed by atoms with van der Waals surface area (Å²) in [4.78, 5) is 0. The smallest absolute Gasteiger partial charge is 0.127 e. The first-order chi connectivity index (χ1) is 19.0. The van der Waals surface area contributed by atoms with Gasteiger partial charge in [0.1, 0.15) is 18.0 Å². The van der Waals surface area contributed by atoms with Crippen molar-refractivity contribution in [2.24, 2.45) is 0 Å². The standard InChI is InChI=1S/C35H22N4/c1-35(2)29-13-8-12-26-25-11-6-7-14-30(25)39(33(26)29)34-31(35)27-16-15-21-17-22(19-36)23(20-37)18-28(21)32(27)38(34)24-9-4-3-5-10-24/h3-18H,1-2H3. The minimum absolute atomic E-state index is 0.282. The Morgan fingerprint density at radius 2 is 1.33 bits per heavy atom. The lowest BCUT2D eigenvalue weighted by molar-refractivity contribution is 0.632. The van der Waals surface area contributed by atoms with Crippen LogP contribution in [0.25, 0.3) is 55.0 Å². The lowest BCUT2D eigenvalue weighted by Crippen LogP contribution is -2.26. The molecule has 5 aromatic carbocycles. The predicted molar refractivity (Wildman–Crippen MR) is 157 cm³/mol. The summed E-state index contributed by atoms with van der Waals surface area (Å²) < 4.78 is 4.80. The SMILES string of the molecule is CC1(C)c2c(n(-c3ccccc3)c3c2ccc2cc(C#N)c(C#N)cc23)-n2c3ccccc3c3cccc1c32. The van der Waals surface area contributed by atoms with Gasteiger partial charge in [-0.2, -0.15) is 10.5 Å². The Labute approximate surface area is 225 Å². The number of hydrogen-bond acceptors (Lipinski definition) is 2. The molecule has 2 aromatic heterocycles. The second-order valence-electron chi connectivity index (χ2n) is 10.9. The van der Waals surface area contributed by atoms with Crippen LogP contribution in [0.5, 0.6) is 0 Å². The van der Waals surface area contributed by atoms with Crippen molar-refractivity contribution >= 4 is 43.5 Å². The molecule has 0 unspecified atom stereocenters. The van der Waals surface area contributed by atoms with Crippen LogP contribution in [0.4, 0.5) is 0 Å². The lowest BCUT2D eigenvalue weighted by atomic mass is 9.75. The molecule has 0 atom stereocenters. The van der Waals surface area contributed by atoms with Gasteiger partial charge in [0.15, 0.2) is 0 Å². The molecule has 1 aliphatic rings. The molecule has 8 rings (SSSR count). The maximum absolute atomic E-state index is 9.91. The van der Waals surface area contributed by atoms with E-state index < -0.39 is 0 Å². The molecule has 7 aromatic rings. The van der Waals surface area contributed by atoms with Crippen LogP contribution in [-0.2, 0) is 5.41 Å². The van der Waals surface area contributed by atoms with Gasteiger partial charge in [-0.3, -0.25) is 9.13 Å². The minimum Gasteiger partial charge on any atom is -0.295 e. The lowest BCUT2D eigenvalue weighted by Gasteiger charge is -2.33. The summed E-state index contributed by atoms with van der Waals surface area (Å²) in [7, 11) is 0. The topological polar surface area (TPSA) is 57.4 Å². The molecule has 4 nitrogen and oxygen atoms in total. The van der Waals surface area contributed by atoms with E-state index in [1.165, 1.54) is 32.9 Å². The second kappa shape index (κ2) is 7.38. The molecule has 39 heavy (non-hydrogen) atoms. The molecule has 182 valence electrons. The van der Waals surface area contributed by atoms with Crippen molar-refractivity contribution in [1.29, 1.82) is 10.5 Å². The zero-order valence-corrected chi connectivity index (χ0v) is 21.5. The summed E-state index contributed by atoms with van der Waals surface area (Å²) in [6.07, 6.45) is 0. The average Bonchev–Trinajstić information content (AvgIpc) is 3.50. The monoisotopic (exact) mass is 498 g/mol. The first-order valence-corrected chi connectivity index (χ1v) is 13.1. The number of rotatable bonds is 1. The van der Waals surface area contributed by atoms with Gasteiger partial charge in [-0.15, -0.1) is 0 Å². The Bertz CT molecular complexity index is 2260. The molecule has 0 bridgehead atoms. The van der Waals surface area contributed by atoms with Gasteiger partial charge in [-0.1, -0.05) is 80.6 Å². The van der Waals surface area contributed by atoms with Gasteiger partial charge in [-0.05, 0) is 41.3 Å². The highest BCUT2D eigenvalue weighted by molar-refractivity contribution is 6.15. The molecule has 1 aliphatic heterocycles. The Morgan fingerprint density at radius 3 is 2.13 bits per heavy atom. The number of para-hydroxylation sites is 3. The second-order valence-corrected chi connectivity index (χ2v) is 10.9. The molecule has 0 amide bonds. The fourth-order valence-corrected chi connectivity index (χ4v) is 6.86. The number of fused-ring (bicyclic) bond motifs is 9. The van der Waals surface area contributed by atoms with Crippen molar-refractivity contribution in [2.45, 2.75) is 19.3 Å². The van der Waals surface area contributed by atoms with E-state index in [0.29, 0.717) is 11.1 Å². The molecule has 0 saturated carbocycles. The van der Waals surface area contributed by atoms with Crippen LogP contribution in [0.15, 0.2) is 97.1 Å². The van der Waals surface area contributed by atoms with Crippen LogP contribution in [-0.4, -0.2) is 9.13 Å². The number of nitrogens with zero attached hydrogens (tertiary/aromatic N) is 4. The van der Waals surface area contributed by atoms with Gasteiger partial charge < -0.3 is 0 Å². The van der Waals surface area contributed by atoms with E-state index in [1.54, 1.807) is 0 Å². The first kappa shape index (κ1) is 21.7. The van der Waals surface area contributed by atoms with Crippen molar-refractivity contribution in [3.8, 4) is 23.6 Å². The third-order valence-electron chi connectivity index (χ3n) is 8.52. The summed E-state index contributed by atoms with van der Waals surface area (Å²) in [5.41, 5.74) is 7.59. The van der Waals surface area contributed by atoms with Crippen molar-refractivity contribution in [3.05, 3.63) is 119 Å². The molecule has 0 fully saturated rings. The normalized spacial score (nSPS) is 13.5. The average molecular weight is 499 g/mol. The highest BCUT2D eigenvalue weighted by Gasteiger charge is 2.40. The van der Waals surface area contributed by atoms with Crippen molar-refractivity contribution in [3.63, 3.8) is 0 Å². The molecular formula is C35H22N4. The van der Waals surface area contributed by atoms with Gasteiger partial charge in [0.05, 0.1) is 27.7 Å². The van der Waals surface area contributed by atoms with E-state index in [1.807, 2.05) is 18.2 Å². The van der Waals surface area contributed by atoms with Crippen LogP contribution >= 0.6 is 0 Å². The Balaban J connectivity index is 1.70. The number of aromatic nitrogens is 2. The molecule has 0 radical (unpaired) electrons. The molecule has 0 N–H and O–H groups in total. The highest BCUT2D eigenvalue weighted by Crippen LogP contribution is 2.52. The number of nitriles is 2. The van der Waals surface area contributed by atoms with Gasteiger partial charge in [-0.25, -0.2) is 0 Å². The Kier molecular flexibility index (Phi) is 4.11. The van der Waals surface area contributed by atoms with Gasteiger partial charge >= 0.3 is 0 Å². The zero-order valence-electron chi connectivity index (χ0n) is 21.5. The van der Waals surface area contributed by atoms with E-state index >= 15 is 0 Å². The van der Waals surface area contributed by atoms with E-state index in [0.717, 1.165) is 33.2 Å². The summed E-state index contributed by atoms with van der Waals surface area (Å²) in [5.74, 6) is 1.13. The summed E-state index contributed by atoms with van der Waals surface area (Å²) in [5, 5.41) is 25.2. The van der Waals surface area contributed by atoms with E-state index in [-0.39, 0.29) is 5.41 Å². The molecular weight excluding hydrogens is 476 g/mol. The molecule has 0 saturated heterocycles. The van der Waals surface area contributed by atoms with Crippen LogP contribution < -0.4 is 0 Å². The fraction of sp³-hybridized carbons (Fsp3) is 0.0857. The molecule has 3 heterocycles. The number of benzene rings is 5. The van der Waals surface area contributed by atoms with Crippen LogP contribution in [0.1, 0.15) is 36.1 Å². The quantitative estimate of drug-likeness (QED) is 0.229. The molecule has 0 spiro atoms. The van der Waals surface area contributed by atoms with Crippen LogP contribution in [0.2, 0.25) is 0 Å². The molecule has 0 aliphatic carbocycles. The van der Waals surface area contributed by atoms with Gasteiger partial charge in [0.25, 0.3) is 0 Å². The van der Waals surface area contributed by atoms with Gasteiger partial charge in [0.2, 0.25) is 0 Å². The van der Waals surface area contributed by atoms with E-state index in [4.69, 9.17) is 0 Å². The van der Waals surface area contributed by atoms with E-state index in [2.05, 4.69) is 114 Å². The first-order valence-electron chi connectivity index (χ1n) is 13.1. The van der Waals surface area contributed by atoms with Crippen molar-refractivity contribution in [1.82, 2.24) is 9.13 Å². The third kappa shape index (κ3) is 2.60. The summed E-state index contributed by atoms with van der Waals surface area (Å²) >= 11 is 0. The zero-order chi connectivity index (χ0) is 26.5. The summed E-state index contributed by atoms with van der Waals surface area (Å²) in [6, 6.07) is 38.2. The fourth-order valence-electron chi connectivity index (χ4n) is 6.86. The predicted octanol–water partition coefficient (Wildman–Crippen LogP) is 8.26. The van der Waals surface area contributed by atoms with Gasteiger partial charge in [0, 0.05) is 38.2 Å². The maximum atomic E-state index is 9.91. The van der Waals surface area contributed by atoms with E-state index in [9.17, 15) is 10.5 Å². The number of hydrogen-bond donors (Lipinski definition) is 0. The Hall–Kier alpha value is -5.32. The maximum Gasteiger partial charge on any atom is 0.127 e. The minimum atomic E-state index is -0.282. The largest absolute Gasteiger partial charge is 0.295 e.